The number of rotatable bonds is 7. The van der Waals surface area contributed by atoms with E-state index >= 15 is 0 Å². The van der Waals surface area contributed by atoms with Gasteiger partial charge in [0.25, 0.3) is 0 Å². The lowest BCUT2D eigenvalue weighted by atomic mass is 10.1. The Morgan fingerprint density at radius 2 is 1.81 bits per heavy atom. The van der Waals surface area contributed by atoms with Gasteiger partial charge in [-0.1, -0.05) is 39.0 Å². The highest BCUT2D eigenvalue weighted by Crippen LogP contribution is 2.06. The van der Waals surface area contributed by atoms with Gasteiger partial charge < -0.3 is 10.6 Å². The van der Waals surface area contributed by atoms with Gasteiger partial charge in [0.05, 0.1) is 6.54 Å². The first-order valence-electron chi connectivity index (χ1n) is 5.88. The number of carbonyl (C=O) groups is 1. The molecule has 0 aliphatic carbocycles. The number of nitrogens with one attached hydrogen (secondary N) is 1. The predicted octanol–water partition coefficient (Wildman–Crippen LogP) is 2.02. The van der Waals surface area contributed by atoms with Crippen LogP contribution in [0.2, 0.25) is 0 Å². The summed E-state index contributed by atoms with van der Waals surface area (Å²) in [7, 11) is 0. The van der Waals surface area contributed by atoms with Crippen LogP contribution in [0, 0.1) is 5.41 Å². The lowest BCUT2D eigenvalue weighted by Crippen LogP contribution is -2.38. The van der Waals surface area contributed by atoms with Gasteiger partial charge >= 0.3 is 5.97 Å². The molecule has 0 aliphatic heterocycles. The average molecular weight is 229 g/mol. The molecule has 5 heteroatoms. The first kappa shape index (κ1) is 14.7. The monoisotopic (exact) mass is 229 g/mol. The zero-order valence-corrected chi connectivity index (χ0v) is 10.3. The van der Waals surface area contributed by atoms with Crippen molar-refractivity contribution in [2.75, 3.05) is 6.54 Å². The third-order valence-corrected chi connectivity index (χ3v) is 2.22. The molecule has 0 saturated carbocycles. The number of hydroxylamine groups is 2. The van der Waals surface area contributed by atoms with Crippen molar-refractivity contribution in [1.29, 1.82) is 5.41 Å². The molecule has 3 N–H and O–H groups in total. The summed E-state index contributed by atoms with van der Waals surface area (Å²) in [4.78, 5) is 15.5. The fraction of sp³-hybridized carbons (Fsp3) is 0.818. The van der Waals surface area contributed by atoms with Gasteiger partial charge in [0.2, 0.25) is 5.96 Å². The van der Waals surface area contributed by atoms with Crippen LogP contribution in [0.1, 0.15) is 52.4 Å². The Balaban J connectivity index is 3.60. The molecule has 0 heterocycles. The highest BCUT2D eigenvalue weighted by atomic mass is 16.7. The van der Waals surface area contributed by atoms with Crippen molar-refractivity contribution < 1.29 is 9.63 Å². The zero-order chi connectivity index (χ0) is 12.4. The summed E-state index contributed by atoms with van der Waals surface area (Å²) in [5.74, 6) is -0.662. The van der Waals surface area contributed by atoms with E-state index in [0.29, 0.717) is 6.54 Å². The largest absolute Gasteiger partial charge is 0.368 e. The Kier molecular flexibility index (Phi) is 8.29. The molecule has 0 amide bonds. The van der Waals surface area contributed by atoms with Gasteiger partial charge in [-0.15, -0.1) is 0 Å². The summed E-state index contributed by atoms with van der Waals surface area (Å²) in [6, 6.07) is 0. The van der Waals surface area contributed by atoms with E-state index in [1.807, 2.05) is 0 Å². The van der Waals surface area contributed by atoms with E-state index in [9.17, 15) is 4.79 Å². The first-order chi connectivity index (χ1) is 7.57. The molecular weight excluding hydrogens is 206 g/mol. The number of unbranched alkanes of at least 4 members (excludes halogenated alkanes) is 5. The summed E-state index contributed by atoms with van der Waals surface area (Å²) < 4.78 is 0. The van der Waals surface area contributed by atoms with Crippen LogP contribution < -0.4 is 5.73 Å². The topological polar surface area (TPSA) is 79.4 Å². The van der Waals surface area contributed by atoms with Crippen molar-refractivity contribution in [3.8, 4) is 0 Å². The lowest BCUT2D eigenvalue weighted by Gasteiger charge is -2.19. The molecule has 0 radical (unpaired) electrons. The summed E-state index contributed by atoms with van der Waals surface area (Å²) >= 11 is 0. The molecule has 0 bridgehead atoms. The molecule has 0 spiro atoms. The van der Waals surface area contributed by atoms with Crippen molar-refractivity contribution in [1.82, 2.24) is 5.06 Å². The third-order valence-electron chi connectivity index (χ3n) is 2.22. The summed E-state index contributed by atoms with van der Waals surface area (Å²) in [5, 5.41) is 8.36. The Morgan fingerprint density at radius 3 is 2.31 bits per heavy atom. The maximum atomic E-state index is 10.7. The van der Waals surface area contributed by atoms with Crippen molar-refractivity contribution in [2.45, 2.75) is 52.4 Å². The van der Waals surface area contributed by atoms with E-state index < -0.39 is 5.97 Å². The number of carbonyl (C=O) groups excluding carboxylic acids is 1. The van der Waals surface area contributed by atoms with E-state index in [4.69, 9.17) is 16.0 Å². The van der Waals surface area contributed by atoms with Crippen molar-refractivity contribution in [2.24, 2.45) is 5.73 Å². The van der Waals surface area contributed by atoms with E-state index in [2.05, 4.69) is 6.92 Å². The van der Waals surface area contributed by atoms with Crippen LogP contribution in [-0.4, -0.2) is 23.5 Å². The summed E-state index contributed by atoms with van der Waals surface area (Å²) in [6.45, 7) is 3.98. The molecule has 0 saturated heterocycles. The van der Waals surface area contributed by atoms with Gasteiger partial charge in [0, 0.05) is 6.92 Å². The molecule has 0 aromatic heterocycles. The van der Waals surface area contributed by atoms with Crippen LogP contribution in [0.5, 0.6) is 0 Å². The Labute approximate surface area is 97.4 Å². The SMILES string of the molecule is CCCCCCCCN(OC(C)=O)C(=N)N. The Morgan fingerprint density at radius 1 is 1.25 bits per heavy atom. The van der Waals surface area contributed by atoms with E-state index in [1.165, 1.54) is 32.6 Å². The van der Waals surface area contributed by atoms with Crippen LogP contribution in [0.25, 0.3) is 0 Å². The Hall–Kier alpha value is -1.26. The highest BCUT2D eigenvalue weighted by Gasteiger charge is 2.09. The van der Waals surface area contributed by atoms with Crippen LogP contribution >= 0.6 is 0 Å². The quantitative estimate of drug-likeness (QED) is 0.303. The molecule has 0 aromatic carbocycles. The fourth-order valence-corrected chi connectivity index (χ4v) is 1.41. The minimum absolute atomic E-state index is 0.219. The second-order valence-corrected chi connectivity index (χ2v) is 3.84. The second kappa shape index (κ2) is 9.00. The van der Waals surface area contributed by atoms with Crippen LogP contribution in [0.15, 0.2) is 0 Å². The number of hydrogen-bond acceptors (Lipinski definition) is 3. The molecule has 0 rings (SSSR count). The predicted molar refractivity (Wildman–Crippen MR) is 63.8 cm³/mol. The zero-order valence-electron chi connectivity index (χ0n) is 10.3. The number of nitrogens with zero attached hydrogens (tertiary/aromatic N) is 1. The smallest absolute Gasteiger partial charge is 0.329 e. The molecular formula is C11H23N3O2. The maximum absolute atomic E-state index is 10.7. The number of nitrogens with two attached hydrogens (primary N) is 1. The van der Waals surface area contributed by atoms with Crippen molar-refractivity contribution >= 4 is 11.9 Å². The van der Waals surface area contributed by atoms with Gasteiger partial charge in [-0.3, -0.25) is 10.2 Å². The van der Waals surface area contributed by atoms with Crippen molar-refractivity contribution in [3.63, 3.8) is 0 Å². The lowest BCUT2D eigenvalue weighted by molar-refractivity contribution is -0.170. The number of guanidine groups is 1. The third kappa shape index (κ3) is 8.08. The molecule has 0 fully saturated rings. The minimum atomic E-state index is -0.443. The summed E-state index contributed by atoms with van der Waals surface area (Å²) in [6.07, 6.45) is 6.87. The van der Waals surface area contributed by atoms with Gasteiger partial charge in [-0.05, 0) is 6.42 Å². The normalized spacial score (nSPS) is 9.88. The fourth-order valence-electron chi connectivity index (χ4n) is 1.41. The van der Waals surface area contributed by atoms with E-state index in [1.54, 1.807) is 0 Å². The van der Waals surface area contributed by atoms with Crippen LogP contribution in [0.3, 0.4) is 0 Å². The van der Waals surface area contributed by atoms with E-state index in [0.717, 1.165) is 17.9 Å². The van der Waals surface area contributed by atoms with E-state index in [-0.39, 0.29) is 5.96 Å². The van der Waals surface area contributed by atoms with Crippen molar-refractivity contribution in [3.05, 3.63) is 0 Å². The molecule has 16 heavy (non-hydrogen) atoms. The van der Waals surface area contributed by atoms with Gasteiger partial charge in [0.1, 0.15) is 0 Å². The van der Waals surface area contributed by atoms with Crippen LogP contribution in [0.4, 0.5) is 0 Å². The highest BCUT2D eigenvalue weighted by molar-refractivity contribution is 5.76. The molecule has 5 nitrogen and oxygen atoms in total. The molecule has 0 atom stereocenters. The Bertz CT molecular complexity index is 219. The standard InChI is InChI=1S/C11H23N3O2/c1-3-4-5-6-7-8-9-14(11(12)13)16-10(2)15/h3-9H2,1-2H3,(H3,12,13). The van der Waals surface area contributed by atoms with Gasteiger partial charge in [-0.25, -0.2) is 0 Å². The first-order valence-corrected chi connectivity index (χ1v) is 5.88. The average Bonchev–Trinajstić information content (AvgIpc) is 2.20. The number of hydrogen-bond donors (Lipinski definition) is 2. The summed E-state index contributed by atoms with van der Waals surface area (Å²) in [5.41, 5.74) is 5.28. The van der Waals surface area contributed by atoms with Crippen LogP contribution in [-0.2, 0) is 9.63 Å². The molecule has 0 unspecified atom stereocenters. The van der Waals surface area contributed by atoms with Gasteiger partial charge in [-0.2, -0.15) is 5.06 Å². The van der Waals surface area contributed by atoms with Gasteiger partial charge in [0.15, 0.2) is 0 Å². The second-order valence-electron chi connectivity index (χ2n) is 3.84. The molecule has 0 aliphatic rings. The minimum Gasteiger partial charge on any atom is -0.368 e. The molecule has 0 aromatic rings. The molecule has 94 valence electrons. The maximum Gasteiger partial charge on any atom is 0.329 e.